The van der Waals surface area contributed by atoms with E-state index in [1.165, 1.54) is 14.2 Å². The first-order chi connectivity index (χ1) is 13.6. The van der Waals surface area contributed by atoms with Gasteiger partial charge in [0.2, 0.25) is 0 Å². The zero-order valence-corrected chi connectivity index (χ0v) is 17.0. The van der Waals surface area contributed by atoms with E-state index in [1.54, 1.807) is 24.4 Å². The molecule has 2 aromatic rings. The number of ether oxygens (including phenoxy) is 2. The molecule has 7 nitrogen and oxygen atoms in total. The third-order valence-corrected chi connectivity index (χ3v) is 4.15. The van der Waals surface area contributed by atoms with Crippen LogP contribution in [0.3, 0.4) is 0 Å². The Morgan fingerprint density at radius 3 is 2.61 bits per heavy atom. The fourth-order valence-electron chi connectivity index (χ4n) is 2.51. The molecule has 150 valence electrons. The Morgan fingerprint density at radius 1 is 1.18 bits per heavy atom. The minimum atomic E-state index is -0.440. The molecule has 2 rings (SSSR count). The molecule has 0 spiro atoms. The predicted octanol–water partition coefficient (Wildman–Crippen LogP) is 2.83. The van der Waals surface area contributed by atoms with E-state index in [9.17, 15) is 4.79 Å². The van der Waals surface area contributed by atoms with Crippen molar-refractivity contribution in [2.75, 3.05) is 27.3 Å². The van der Waals surface area contributed by atoms with E-state index < -0.39 is 5.97 Å². The maximum absolute atomic E-state index is 11.9. The largest absolute Gasteiger partial charge is 0.496 e. The average Bonchev–Trinajstić information content (AvgIpc) is 2.72. The Kier molecular flexibility index (Phi) is 8.55. The highest BCUT2D eigenvalue weighted by molar-refractivity contribution is 6.29. The van der Waals surface area contributed by atoms with Crippen molar-refractivity contribution in [1.82, 2.24) is 15.6 Å². The van der Waals surface area contributed by atoms with Gasteiger partial charge in [0.1, 0.15) is 16.5 Å². The van der Waals surface area contributed by atoms with Gasteiger partial charge in [-0.05, 0) is 42.7 Å². The van der Waals surface area contributed by atoms with E-state index in [4.69, 9.17) is 21.1 Å². The van der Waals surface area contributed by atoms with Crippen molar-refractivity contribution in [2.24, 2.45) is 4.99 Å². The van der Waals surface area contributed by atoms with Gasteiger partial charge >= 0.3 is 5.97 Å². The molecule has 1 aromatic heterocycles. The van der Waals surface area contributed by atoms with E-state index in [-0.39, 0.29) is 0 Å². The van der Waals surface area contributed by atoms with Crippen molar-refractivity contribution < 1.29 is 14.3 Å². The topological polar surface area (TPSA) is 84.8 Å². The third-order valence-electron chi connectivity index (χ3n) is 3.93. The number of aromatic nitrogens is 1. The summed E-state index contributed by atoms with van der Waals surface area (Å²) in [4.78, 5) is 20.6. The monoisotopic (exact) mass is 404 g/mol. The van der Waals surface area contributed by atoms with E-state index in [1.807, 2.05) is 19.1 Å². The molecule has 0 aliphatic heterocycles. The number of aliphatic imine (C=N–C) groups is 1. The van der Waals surface area contributed by atoms with Crippen LogP contribution in [0.5, 0.6) is 5.75 Å². The summed E-state index contributed by atoms with van der Waals surface area (Å²) in [6.45, 7) is 3.85. The lowest BCUT2D eigenvalue weighted by atomic mass is 10.1. The van der Waals surface area contributed by atoms with Crippen molar-refractivity contribution in [1.29, 1.82) is 0 Å². The molecule has 0 radical (unpaired) electrons. The number of rotatable bonds is 8. The first kappa shape index (κ1) is 21.5. The average molecular weight is 405 g/mol. The van der Waals surface area contributed by atoms with Crippen molar-refractivity contribution in [3.05, 3.63) is 58.4 Å². The summed E-state index contributed by atoms with van der Waals surface area (Å²) < 4.78 is 10.0. The van der Waals surface area contributed by atoms with Gasteiger partial charge < -0.3 is 20.1 Å². The van der Waals surface area contributed by atoms with Crippen LogP contribution in [0.15, 0.2) is 41.5 Å². The smallest absolute Gasteiger partial charge is 0.341 e. The highest BCUT2D eigenvalue weighted by atomic mass is 35.5. The van der Waals surface area contributed by atoms with Gasteiger partial charge in [-0.25, -0.2) is 14.8 Å². The minimum absolute atomic E-state index is 0.380. The summed E-state index contributed by atoms with van der Waals surface area (Å²) in [5, 5.41) is 6.98. The number of methoxy groups -OCH3 is 2. The van der Waals surface area contributed by atoms with Crippen LogP contribution >= 0.6 is 11.6 Å². The number of halogens is 1. The molecule has 1 heterocycles. The molecule has 0 aliphatic carbocycles. The van der Waals surface area contributed by atoms with Gasteiger partial charge in [-0.2, -0.15) is 0 Å². The van der Waals surface area contributed by atoms with E-state index in [0.29, 0.717) is 35.5 Å². The van der Waals surface area contributed by atoms with Crippen molar-refractivity contribution in [2.45, 2.75) is 19.9 Å². The number of hydrogen-bond acceptors (Lipinski definition) is 5. The Morgan fingerprint density at radius 2 is 1.96 bits per heavy atom. The molecule has 8 heteroatoms. The first-order valence-electron chi connectivity index (χ1n) is 8.95. The molecule has 0 amide bonds. The van der Waals surface area contributed by atoms with Crippen LogP contribution in [0, 0.1) is 0 Å². The molecule has 0 fully saturated rings. The molecular formula is C20H25ClN4O3. The van der Waals surface area contributed by atoms with Crippen LogP contribution in [0.4, 0.5) is 0 Å². The SMILES string of the molecule is CCNC(=NCc1ccc(OC)c(C(=O)OC)c1)NCCc1ccc(Cl)nc1. The van der Waals surface area contributed by atoms with Crippen LogP contribution < -0.4 is 15.4 Å². The molecule has 0 atom stereocenters. The summed E-state index contributed by atoms with van der Waals surface area (Å²) in [6.07, 6.45) is 2.56. The standard InChI is InChI=1S/C20H25ClN4O3/c1-4-22-20(23-10-9-14-6-8-18(21)24-12-14)25-13-15-5-7-17(27-2)16(11-15)19(26)28-3/h5-8,11-12H,4,9-10,13H2,1-3H3,(H2,22,23,25). The van der Waals surface area contributed by atoms with Crippen LogP contribution in [0.2, 0.25) is 5.15 Å². The molecule has 0 bridgehead atoms. The lowest BCUT2D eigenvalue weighted by molar-refractivity contribution is 0.0597. The second kappa shape index (κ2) is 11.1. The van der Waals surface area contributed by atoms with Gasteiger partial charge in [0.15, 0.2) is 5.96 Å². The molecule has 0 unspecified atom stereocenters. The van der Waals surface area contributed by atoms with E-state index in [0.717, 1.165) is 24.1 Å². The van der Waals surface area contributed by atoms with Crippen LogP contribution in [0.1, 0.15) is 28.4 Å². The van der Waals surface area contributed by atoms with Gasteiger partial charge in [0.05, 0.1) is 20.8 Å². The van der Waals surface area contributed by atoms with Crippen molar-refractivity contribution >= 4 is 23.5 Å². The van der Waals surface area contributed by atoms with Gasteiger partial charge in [-0.1, -0.05) is 23.7 Å². The fraction of sp³-hybridized carbons (Fsp3) is 0.350. The summed E-state index contributed by atoms with van der Waals surface area (Å²) in [5.41, 5.74) is 2.34. The van der Waals surface area contributed by atoms with Gasteiger partial charge in [0, 0.05) is 19.3 Å². The summed E-state index contributed by atoms with van der Waals surface area (Å²) in [6, 6.07) is 9.07. The number of pyridine rings is 1. The van der Waals surface area contributed by atoms with E-state index >= 15 is 0 Å². The maximum Gasteiger partial charge on any atom is 0.341 e. The molecule has 2 N–H and O–H groups in total. The zero-order chi connectivity index (χ0) is 20.4. The Labute approximate surface area is 170 Å². The van der Waals surface area contributed by atoms with Crippen molar-refractivity contribution in [3.8, 4) is 5.75 Å². The molecule has 1 aromatic carbocycles. The summed E-state index contributed by atoms with van der Waals surface area (Å²) >= 11 is 5.80. The molecule has 0 saturated carbocycles. The van der Waals surface area contributed by atoms with Crippen LogP contribution in [-0.2, 0) is 17.7 Å². The lowest BCUT2D eigenvalue weighted by Crippen LogP contribution is -2.38. The maximum atomic E-state index is 11.9. The normalized spacial score (nSPS) is 11.1. The zero-order valence-electron chi connectivity index (χ0n) is 16.3. The van der Waals surface area contributed by atoms with Crippen LogP contribution in [-0.4, -0.2) is 44.2 Å². The van der Waals surface area contributed by atoms with Crippen LogP contribution in [0.25, 0.3) is 0 Å². The number of esters is 1. The lowest BCUT2D eigenvalue weighted by Gasteiger charge is -2.12. The fourth-order valence-corrected chi connectivity index (χ4v) is 2.63. The number of hydrogen-bond donors (Lipinski definition) is 2. The van der Waals surface area contributed by atoms with Crippen molar-refractivity contribution in [3.63, 3.8) is 0 Å². The number of nitrogens with zero attached hydrogens (tertiary/aromatic N) is 2. The number of benzene rings is 1. The number of nitrogens with one attached hydrogen (secondary N) is 2. The predicted molar refractivity (Wildman–Crippen MR) is 110 cm³/mol. The second-order valence-corrected chi connectivity index (χ2v) is 6.27. The molecular weight excluding hydrogens is 380 g/mol. The number of carbonyl (C=O) groups is 1. The Balaban J connectivity index is 2.01. The summed E-state index contributed by atoms with van der Waals surface area (Å²) in [7, 11) is 2.86. The Hall–Kier alpha value is -2.80. The quantitative estimate of drug-likeness (QED) is 0.304. The highest BCUT2D eigenvalue weighted by Gasteiger charge is 2.13. The third kappa shape index (κ3) is 6.42. The minimum Gasteiger partial charge on any atom is -0.496 e. The first-order valence-corrected chi connectivity index (χ1v) is 9.33. The number of carbonyl (C=O) groups excluding carboxylic acids is 1. The van der Waals surface area contributed by atoms with E-state index in [2.05, 4.69) is 20.6 Å². The summed E-state index contributed by atoms with van der Waals surface area (Å²) in [5.74, 6) is 0.727. The second-order valence-electron chi connectivity index (χ2n) is 5.89. The van der Waals surface area contributed by atoms with Gasteiger partial charge in [-0.3, -0.25) is 0 Å². The van der Waals surface area contributed by atoms with Gasteiger partial charge in [-0.15, -0.1) is 0 Å². The Bertz CT molecular complexity index is 810. The molecule has 0 saturated heterocycles. The number of guanidine groups is 1. The molecule has 28 heavy (non-hydrogen) atoms. The molecule has 0 aliphatic rings. The van der Waals surface area contributed by atoms with Gasteiger partial charge in [0.25, 0.3) is 0 Å². The highest BCUT2D eigenvalue weighted by Crippen LogP contribution is 2.21.